The minimum Gasteiger partial charge on any atom is -0.420 e. The number of aromatic nitrogens is 2. The predicted molar refractivity (Wildman–Crippen MR) is 69.3 cm³/mol. The number of benzene rings is 1. The maximum absolute atomic E-state index is 13.6. The van der Waals surface area contributed by atoms with Crippen LogP contribution in [0.1, 0.15) is 25.2 Å². The fraction of sp³-hybridized carbons (Fsp3) is 0.357. The normalized spacial score (nSPS) is 18.5. The number of carbonyl (C=O) groups excluding carboxylic acids is 1. The molecule has 104 valence electrons. The highest BCUT2D eigenvalue weighted by molar-refractivity contribution is 5.73. The zero-order valence-electron chi connectivity index (χ0n) is 11.0. The van der Waals surface area contributed by atoms with Crippen LogP contribution in [0.5, 0.6) is 0 Å². The molecule has 1 unspecified atom stereocenters. The van der Waals surface area contributed by atoms with Crippen molar-refractivity contribution in [3.8, 4) is 11.5 Å². The van der Waals surface area contributed by atoms with E-state index in [4.69, 9.17) is 4.42 Å². The van der Waals surface area contributed by atoms with E-state index in [1.165, 1.54) is 6.07 Å². The van der Waals surface area contributed by atoms with Gasteiger partial charge in [-0.1, -0.05) is 12.1 Å². The Balaban J connectivity index is 1.81. The van der Waals surface area contributed by atoms with E-state index >= 15 is 0 Å². The predicted octanol–water partition coefficient (Wildman–Crippen LogP) is 2.21. The quantitative estimate of drug-likeness (QED) is 0.843. The topological polar surface area (TPSA) is 59.2 Å². The molecular formula is C14H14FN3O2. The van der Waals surface area contributed by atoms with Gasteiger partial charge in [0, 0.05) is 20.0 Å². The average molecular weight is 275 g/mol. The molecule has 1 aliphatic heterocycles. The first-order valence-corrected chi connectivity index (χ1v) is 6.49. The number of likely N-dealkylation sites (tertiary alicyclic amines) is 1. The molecule has 0 N–H and O–H groups in total. The van der Waals surface area contributed by atoms with Gasteiger partial charge >= 0.3 is 0 Å². The van der Waals surface area contributed by atoms with Gasteiger partial charge in [-0.3, -0.25) is 4.79 Å². The van der Waals surface area contributed by atoms with Gasteiger partial charge in [-0.25, -0.2) is 4.39 Å². The van der Waals surface area contributed by atoms with Gasteiger partial charge in [0.1, 0.15) is 5.82 Å². The number of halogens is 1. The summed E-state index contributed by atoms with van der Waals surface area (Å²) in [6, 6.07) is 6.28. The summed E-state index contributed by atoms with van der Waals surface area (Å²) in [7, 11) is 0. The fourth-order valence-electron chi connectivity index (χ4n) is 2.39. The molecule has 1 saturated heterocycles. The lowest BCUT2D eigenvalue weighted by Gasteiger charge is -2.11. The van der Waals surface area contributed by atoms with Crippen molar-refractivity contribution < 1.29 is 13.6 Å². The first-order chi connectivity index (χ1) is 9.65. The Hall–Kier alpha value is -2.24. The standard InChI is InChI=1S/C14H14FN3O2/c1-9(19)18-7-6-10(8-18)13-16-17-14(20-13)11-4-2-3-5-12(11)15/h2-5,10H,6-8H2,1H3. The molecule has 0 spiro atoms. The van der Waals surface area contributed by atoms with Crippen molar-refractivity contribution in [2.45, 2.75) is 19.3 Å². The number of rotatable bonds is 2. The summed E-state index contributed by atoms with van der Waals surface area (Å²) in [5.74, 6) is 0.333. The largest absolute Gasteiger partial charge is 0.420 e. The average Bonchev–Trinajstić information content (AvgIpc) is 3.08. The van der Waals surface area contributed by atoms with Crippen LogP contribution in [0.2, 0.25) is 0 Å². The van der Waals surface area contributed by atoms with Crippen molar-refractivity contribution >= 4 is 5.91 Å². The zero-order chi connectivity index (χ0) is 14.1. The highest BCUT2D eigenvalue weighted by atomic mass is 19.1. The van der Waals surface area contributed by atoms with Crippen LogP contribution in [0.25, 0.3) is 11.5 Å². The van der Waals surface area contributed by atoms with Gasteiger partial charge in [0.15, 0.2) is 0 Å². The number of hydrogen-bond acceptors (Lipinski definition) is 4. The van der Waals surface area contributed by atoms with Crippen molar-refractivity contribution in [3.63, 3.8) is 0 Å². The Morgan fingerprint density at radius 2 is 2.20 bits per heavy atom. The summed E-state index contributed by atoms with van der Waals surface area (Å²) in [5.41, 5.74) is 0.299. The van der Waals surface area contributed by atoms with Gasteiger partial charge in [0.05, 0.1) is 11.5 Å². The van der Waals surface area contributed by atoms with E-state index < -0.39 is 0 Å². The van der Waals surface area contributed by atoms with Crippen LogP contribution in [0.4, 0.5) is 4.39 Å². The van der Waals surface area contributed by atoms with Crippen LogP contribution < -0.4 is 0 Å². The highest BCUT2D eigenvalue weighted by Crippen LogP contribution is 2.29. The van der Waals surface area contributed by atoms with Gasteiger partial charge in [0.2, 0.25) is 11.8 Å². The molecule has 0 bridgehead atoms. The van der Waals surface area contributed by atoms with Crippen molar-refractivity contribution in [1.29, 1.82) is 0 Å². The third-order valence-corrected chi connectivity index (χ3v) is 3.53. The van der Waals surface area contributed by atoms with Crippen molar-refractivity contribution in [3.05, 3.63) is 36.0 Å². The molecule has 1 fully saturated rings. The van der Waals surface area contributed by atoms with Crippen LogP contribution in [0.15, 0.2) is 28.7 Å². The molecule has 0 aliphatic carbocycles. The molecule has 1 aliphatic rings. The molecule has 1 aromatic heterocycles. The fourth-order valence-corrected chi connectivity index (χ4v) is 2.39. The second-order valence-corrected chi connectivity index (χ2v) is 4.88. The number of amides is 1. The summed E-state index contributed by atoms with van der Waals surface area (Å²) >= 11 is 0. The molecule has 1 aromatic carbocycles. The Bertz CT molecular complexity index is 641. The number of nitrogens with zero attached hydrogens (tertiary/aromatic N) is 3. The molecule has 0 radical (unpaired) electrons. The molecule has 2 aromatic rings. The Labute approximate surface area is 115 Å². The maximum atomic E-state index is 13.6. The molecule has 20 heavy (non-hydrogen) atoms. The van der Waals surface area contributed by atoms with Gasteiger partial charge in [-0.2, -0.15) is 0 Å². The Kier molecular flexibility index (Phi) is 3.22. The molecule has 3 rings (SSSR count). The Morgan fingerprint density at radius 3 is 2.90 bits per heavy atom. The molecular weight excluding hydrogens is 261 g/mol. The lowest BCUT2D eigenvalue weighted by molar-refractivity contribution is -0.127. The minimum atomic E-state index is -0.389. The molecule has 1 amide bonds. The van der Waals surface area contributed by atoms with Crippen LogP contribution >= 0.6 is 0 Å². The summed E-state index contributed by atoms with van der Waals surface area (Å²) in [6.07, 6.45) is 0.790. The van der Waals surface area contributed by atoms with Crippen molar-refractivity contribution in [2.24, 2.45) is 0 Å². The van der Waals surface area contributed by atoms with Gasteiger partial charge in [-0.05, 0) is 18.6 Å². The summed E-state index contributed by atoms with van der Waals surface area (Å²) in [5, 5.41) is 7.89. The molecule has 1 atom stereocenters. The van der Waals surface area contributed by atoms with E-state index in [0.29, 0.717) is 24.5 Å². The van der Waals surface area contributed by atoms with Crippen LogP contribution in [-0.4, -0.2) is 34.1 Å². The van der Waals surface area contributed by atoms with E-state index in [-0.39, 0.29) is 23.5 Å². The molecule has 2 heterocycles. The molecule has 0 saturated carbocycles. The SMILES string of the molecule is CC(=O)N1CCC(c2nnc(-c3ccccc3F)o2)C1. The van der Waals surface area contributed by atoms with Gasteiger partial charge in [0.25, 0.3) is 5.89 Å². The van der Waals surface area contributed by atoms with Crippen LogP contribution in [0, 0.1) is 5.82 Å². The maximum Gasteiger partial charge on any atom is 0.250 e. The second-order valence-electron chi connectivity index (χ2n) is 4.88. The zero-order valence-corrected chi connectivity index (χ0v) is 11.0. The van der Waals surface area contributed by atoms with E-state index in [0.717, 1.165) is 6.42 Å². The summed E-state index contributed by atoms with van der Waals surface area (Å²) in [6.45, 7) is 2.81. The highest BCUT2D eigenvalue weighted by Gasteiger charge is 2.29. The number of hydrogen-bond donors (Lipinski definition) is 0. The third-order valence-electron chi connectivity index (χ3n) is 3.53. The van der Waals surface area contributed by atoms with Gasteiger partial charge < -0.3 is 9.32 Å². The summed E-state index contributed by atoms with van der Waals surface area (Å²) < 4.78 is 19.2. The first kappa shape index (κ1) is 12.8. The third kappa shape index (κ3) is 2.29. The molecule has 5 nitrogen and oxygen atoms in total. The second kappa shape index (κ2) is 5.03. The van der Waals surface area contributed by atoms with Gasteiger partial charge in [-0.15, -0.1) is 10.2 Å². The van der Waals surface area contributed by atoms with E-state index in [9.17, 15) is 9.18 Å². The van der Waals surface area contributed by atoms with Crippen molar-refractivity contribution in [2.75, 3.05) is 13.1 Å². The van der Waals surface area contributed by atoms with E-state index in [1.807, 2.05) is 0 Å². The first-order valence-electron chi connectivity index (χ1n) is 6.49. The van der Waals surface area contributed by atoms with Crippen molar-refractivity contribution in [1.82, 2.24) is 15.1 Å². The smallest absolute Gasteiger partial charge is 0.250 e. The molecule has 6 heteroatoms. The summed E-state index contributed by atoms with van der Waals surface area (Å²) in [4.78, 5) is 13.1. The van der Waals surface area contributed by atoms with E-state index in [2.05, 4.69) is 10.2 Å². The number of carbonyl (C=O) groups is 1. The lowest BCUT2D eigenvalue weighted by Crippen LogP contribution is -2.25. The minimum absolute atomic E-state index is 0.0342. The Morgan fingerprint density at radius 1 is 1.40 bits per heavy atom. The monoisotopic (exact) mass is 275 g/mol. The van der Waals surface area contributed by atoms with E-state index in [1.54, 1.807) is 30.0 Å². The van der Waals surface area contributed by atoms with Crippen LogP contribution in [0.3, 0.4) is 0 Å². The van der Waals surface area contributed by atoms with Crippen LogP contribution in [-0.2, 0) is 4.79 Å². The lowest BCUT2D eigenvalue weighted by atomic mass is 10.1.